The molecule has 0 unspecified atom stereocenters. The van der Waals surface area contributed by atoms with Crippen molar-refractivity contribution in [3.63, 3.8) is 0 Å². The molecule has 0 aromatic heterocycles. The highest BCUT2D eigenvalue weighted by molar-refractivity contribution is 6.01. The molecule has 0 aliphatic carbocycles. The molecule has 1 amide bonds. The zero-order valence-electron chi connectivity index (χ0n) is 18.5. The smallest absolute Gasteiger partial charge is 0.312 e. The van der Waals surface area contributed by atoms with Crippen molar-refractivity contribution in [3.05, 3.63) is 24.3 Å². The number of aliphatic carboxylic acids is 1. The molecule has 1 aliphatic rings. The number of nitrogens with one attached hydrogen (secondary N) is 1. The number of carboxylic acid groups (broad SMARTS) is 1. The van der Waals surface area contributed by atoms with Crippen molar-refractivity contribution in [3.8, 4) is 5.75 Å². The monoisotopic (exact) mass is 485 g/mol. The maximum atomic E-state index is 15.3. The predicted octanol–water partition coefficient (Wildman–Crippen LogP) is 0.968. The maximum Gasteiger partial charge on any atom is 0.312 e. The molecule has 2 rings (SSSR count). The van der Waals surface area contributed by atoms with Crippen LogP contribution in [0, 0.1) is 0 Å². The number of carboxylic acids is 1. The first-order valence-electron chi connectivity index (χ1n) is 10.0. The Morgan fingerprint density at radius 2 is 1.56 bits per heavy atom. The van der Waals surface area contributed by atoms with Crippen molar-refractivity contribution in [2.24, 2.45) is 0 Å². The summed E-state index contributed by atoms with van der Waals surface area (Å²) in [5.74, 6) is -4.27. The van der Waals surface area contributed by atoms with Gasteiger partial charge in [-0.2, -0.15) is 0 Å². The Morgan fingerprint density at radius 1 is 0.971 bits per heavy atom. The van der Waals surface area contributed by atoms with Crippen molar-refractivity contribution in [2.75, 3.05) is 11.9 Å². The lowest BCUT2D eigenvalue weighted by atomic mass is 9.99. The van der Waals surface area contributed by atoms with Gasteiger partial charge in [-0.25, -0.2) is 4.39 Å². The molecule has 1 aliphatic heterocycles. The van der Waals surface area contributed by atoms with Gasteiger partial charge in [0.2, 0.25) is 18.4 Å². The Morgan fingerprint density at radius 3 is 2.09 bits per heavy atom. The molecule has 13 heteroatoms. The highest BCUT2D eigenvalue weighted by Crippen LogP contribution is 2.31. The van der Waals surface area contributed by atoms with Crippen LogP contribution in [-0.2, 0) is 42.9 Å². The van der Waals surface area contributed by atoms with Gasteiger partial charge in [-0.1, -0.05) is 0 Å². The van der Waals surface area contributed by atoms with E-state index in [4.69, 9.17) is 28.8 Å². The molecule has 1 fully saturated rings. The Balaban J connectivity index is 2.20. The molecule has 2 N–H and O–H groups in total. The van der Waals surface area contributed by atoms with Gasteiger partial charge in [0.15, 0.2) is 12.2 Å². The van der Waals surface area contributed by atoms with Gasteiger partial charge in [0.25, 0.3) is 0 Å². The number of carbonyl (C=O) groups is 5. The minimum Gasteiger partial charge on any atom is -0.481 e. The van der Waals surface area contributed by atoms with Crippen LogP contribution in [0.4, 0.5) is 10.1 Å². The minimum atomic E-state index is -2.10. The molecule has 186 valence electrons. The summed E-state index contributed by atoms with van der Waals surface area (Å²) in [6.45, 7) is 2.81. The quantitative estimate of drug-likeness (QED) is 0.291. The predicted molar refractivity (Wildman–Crippen MR) is 109 cm³/mol. The van der Waals surface area contributed by atoms with E-state index in [9.17, 15) is 24.0 Å². The minimum absolute atomic E-state index is 0.0858. The SMILES string of the molecule is CC(=O)OC[C@H]1O[C@@H](Oc2ccc(NC(=O)CC(=O)O)cc2)[C@H](F)[C@@H](OC(C)=O)[C@@H]1OC(C)=O. The molecule has 1 saturated heterocycles. The normalized spacial score (nSPS) is 23.8. The zero-order chi connectivity index (χ0) is 25.4. The number of alkyl halides is 1. The fraction of sp³-hybridized carbons (Fsp3) is 0.476. The van der Waals surface area contributed by atoms with Crippen molar-refractivity contribution < 1.29 is 57.2 Å². The van der Waals surface area contributed by atoms with Crippen LogP contribution in [0.2, 0.25) is 0 Å². The lowest BCUT2D eigenvalue weighted by molar-refractivity contribution is -0.271. The number of hydrogen-bond donors (Lipinski definition) is 2. The number of carbonyl (C=O) groups excluding carboxylic acids is 4. The van der Waals surface area contributed by atoms with E-state index in [1.54, 1.807) is 0 Å². The molecule has 34 heavy (non-hydrogen) atoms. The first-order chi connectivity index (χ1) is 16.0. The zero-order valence-corrected chi connectivity index (χ0v) is 18.5. The molecule has 1 heterocycles. The second-order valence-electron chi connectivity index (χ2n) is 7.20. The van der Waals surface area contributed by atoms with Gasteiger partial charge >= 0.3 is 23.9 Å². The second-order valence-corrected chi connectivity index (χ2v) is 7.20. The van der Waals surface area contributed by atoms with Crippen LogP contribution in [0.15, 0.2) is 24.3 Å². The molecular formula is C21H24FNO11. The standard InChI is InChI=1S/C21H24FNO11/c1-10(24)30-9-15-19(31-11(2)25)20(32-12(3)26)18(22)21(34-15)33-14-6-4-13(5-7-14)23-16(27)8-17(28)29/h4-7,15,18-21H,8-9H2,1-3H3,(H,23,27)(H,28,29)/t15-,18-,19-,20-,21-/m1/s1. The summed E-state index contributed by atoms with van der Waals surface area (Å²) < 4.78 is 41.3. The first kappa shape index (κ1) is 26.5. The Labute approximate surface area is 193 Å². The van der Waals surface area contributed by atoms with Crippen LogP contribution in [0.1, 0.15) is 27.2 Å². The van der Waals surface area contributed by atoms with Gasteiger partial charge in [0.1, 0.15) is 24.9 Å². The summed E-state index contributed by atoms with van der Waals surface area (Å²) in [6.07, 6.45) is -8.72. The number of benzene rings is 1. The number of esters is 3. The van der Waals surface area contributed by atoms with Gasteiger partial charge in [0.05, 0.1) is 0 Å². The van der Waals surface area contributed by atoms with E-state index < -0.39 is 73.6 Å². The van der Waals surface area contributed by atoms with E-state index >= 15 is 4.39 Å². The molecule has 12 nitrogen and oxygen atoms in total. The second kappa shape index (κ2) is 11.9. The third-order valence-corrected chi connectivity index (χ3v) is 4.33. The average molecular weight is 485 g/mol. The van der Waals surface area contributed by atoms with Crippen molar-refractivity contribution in [1.82, 2.24) is 0 Å². The Bertz CT molecular complexity index is 920. The number of rotatable bonds is 9. The third-order valence-electron chi connectivity index (χ3n) is 4.33. The van der Waals surface area contributed by atoms with E-state index in [0.717, 1.165) is 20.8 Å². The van der Waals surface area contributed by atoms with E-state index in [-0.39, 0.29) is 11.4 Å². The average Bonchev–Trinajstić information content (AvgIpc) is 2.71. The summed E-state index contributed by atoms with van der Waals surface area (Å²) >= 11 is 0. The number of anilines is 1. The van der Waals surface area contributed by atoms with Gasteiger partial charge in [-0.15, -0.1) is 0 Å². The fourth-order valence-corrected chi connectivity index (χ4v) is 3.05. The van der Waals surface area contributed by atoms with E-state index in [2.05, 4.69) is 5.32 Å². The highest BCUT2D eigenvalue weighted by atomic mass is 19.1. The maximum absolute atomic E-state index is 15.3. The lowest BCUT2D eigenvalue weighted by Crippen LogP contribution is -2.61. The van der Waals surface area contributed by atoms with Crippen LogP contribution < -0.4 is 10.1 Å². The van der Waals surface area contributed by atoms with Crippen LogP contribution in [0.5, 0.6) is 5.75 Å². The summed E-state index contributed by atoms with van der Waals surface area (Å²) in [6, 6.07) is 5.47. The van der Waals surface area contributed by atoms with Gasteiger partial charge in [-0.3, -0.25) is 24.0 Å². The summed E-state index contributed by atoms with van der Waals surface area (Å²) in [5, 5.41) is 11.0. The van der Waals surface area contributed by atoms with E-state index in [1.807, 2.05) is 0 Å². The van der Waals surface area contributed by atoms with Gasteiger partial charge in [-0.05, 0) is 24.3 Å². The van der Waals surface area contributed by atoms with E-state index in [1.165, 1.54) is 24.3 Å². The molecule has 5 atom stereocenters. The van der Waals surface area contributed by atoms with Crippen LogP contribution >= 0.6 is 0 Å². The van der Waals surface area contributed by atoms with Crippen LogP contribution in [-0.4, -0.2) is 72.3 Å². The third kappa shape index (κ3) is 7.99. The van der Waals surface area contributed by atoms with E-state index in [0.29, 0.717) is 0 Å². The number of ether oxygens (including phenoxy) is 5. The summed E-state index contributed by atoms with van der Waals surface area (Å²) in [4.78, 5) is 56.4. The Kier molecular flexibility index (Phi) is 9.30. The number of halogens is 1. The fourth-order valence-electron chi connectivity index (χ4n) is 3.05. The molecule has 0 saturated carbocycles. The largest absolute Gasteiger partial charge is 0.481 e. The lowest BCUT2D eigenvalue weighted by Gasteiger charge is -2.41. The number of amides is 1. The molecule has 0 spiro atoms. The molecule has 1 aromatic carbocycles. The topological polar surface area (TPSA) is 164 Å². The van der Waals surface area contributed by atoms with Crippen LogP contribution in [0.3, 0.4) is 0 Å². The van der Waals surface area contributed by atoms with Crippen molar-refractivity contribution in [1.29, 1.82) is 0 Å². The summed E-state index contributed by atoms with van der Waals surface area (Å²) in [7, 11) is 0. The van der Waals surface area contributed by atoms with Gasteiger partial charge < -0.3 is 34.1 Å². The van der Waals surface area contributed by atoms with Crippen LogP contribution in [0.25, 0.3) is 0 Å². The molecule has 0 bridgehead atoms. The highest BCUT2D eigenvalue weighted by Gasteiger charge is 2.52. The number of hydrogen-bond acceptors (Lipinski definition) is 10. The molecular weight excluding hydrogens is 461 g/mol. The Hall–Kier alpha value is -3.74. The first-order valence-corrected chi connectivity index (χ1v) is 10.0. The van der Waals surface area contributed by atoms with Crippen molar-refractivity contribution >= 4 is 35.5 Å². The molecule has 1 aromatic rings. The molecule has 0 radical (unpaired) electrons. The van der Waals surface area contributed by atoms with Gasteiger partial charge in [0, 0.05) is 26.5 Å². The summed E-state index contributed by atoms with van der Waals surface area (Å²) in [5.41, 5.74) is 0.264. The van der Waals surface area contributed by atoms with Crippen molar-refractivity contribution in [2.45, 2.75) is 58.0 Å².